The highest BCUT2D eigenvalue weighted by Gasteiger charge is 2.40. The Balaban J connectivity index is 2.46. The molecule has 2 heterocycles. The van der Waals surface area contributed by atoms with Gasteiger partial charge < -0.3 is 10.9 Å². The third-order valence-corrected chi connectivity index (χ3v) is 5.75. The first-order valence-electron chi connectivity index (χ1n) is 5.44. The maximum absolute atomic E-state index is 12.6. The van der Waals surface area contributed by atoms with Crippen molar-refractivity contribution in [1.82, 2.24) is 19.3 Å². The third-order valence-electron chi connectivity index (χ3n) is 2.95. The molecule has 0 aliphatic carbocycles. The Labute approximate surface area is 118 Å². The molecule has 0 amide bonds. The number of hydrogen-bond donors (Lipinski definition) is 2. The first-order chi connectivity index (χ1) is 8.89. The van der Waals surface area contributed by atoms with Gasteiger partial charge in [-0.1, -0.05) is 10.4 Å². The van der Waals surface area contributed by atoms with E-state index in [-0.39, 0.29) is 15.5 Å². The van der Waals surface area contributed by atoms with Crippen LogP contribution in [0.3, 0.4) is 0 Å². The Morgan fingerprint density at radius 3 is 2.84 bits per heavy atom. The van der Waals surface area contributed by atoms with Crippen LogP contribution in [0.15, 0.2) is 14.8 Å². The molecule has 1 aromatic rings. The number of halogens is 1. The number of rotatable bonds is 3. The predicted molar refractivity (Wildman–Crippen MR) is 69.0 cm³/mol. The van der Waals surface area contributed by atoms with Crippen LogP contribution in [0.5, 0.6) is 0 Å². The highest BCUT2D eigenvalue weighted by molar-refractivity contribution is 9.10. The molecule has 11 heteroatoms. The van der Waals surface area contributed by atoms with E-state index in [1.54, 1.807) is 0 Å². The van der Waals surface area contributed by atoms with Crippen LogP contribution >= 0.6 is 15.9 Å². The largest absolute Gasteiger partial charge is 0.409 e. The van der Waals surface area contributed by atoms with Crippen LogP contribution in [-0.4, -0.2) is 51.3 Å². The molecule has 0 aromatic carbocycles. The Morgan fingerprint density at radius 1 is 1.63 bits per heavy atom. The van der Waals surface area contributed by atoms with Gasteiger partial charge in [-0.3, -0.25) is 0 Å². The second kappa shape index (κ2) is 5.06. The van der Waals surface area contributed by atoms with Crippen molar-refractivity contribution in [3.05, 3.63) is 4.60 Å². The van der Waals surface area contributed by atoms with Crippen molar-refractivity contribution in [3.8, 4) is 0 Å². The standard InChI is InChI=1S/C8H13BrN6O3S/c1-14-8(6(9)11-13-14)19(17,18)15-4-2-3-5(15)7(10)12-16/h5,16H,2-4H2,1H3,(H2,10,12). The number of aryl methyl sites for hydroxylation is 1. The fourth-order valence-electron chi connectivity index (χ4n) is 2.10. The number of sulfonamides is 1. The lowest BCUT2D eigenvalue weighted by atomic mass is 10.2. The minimum absolute atomic E-state index is 0.0508. The molecule has 1 aromatic heterocycles. The molecule has 9 nitrogen and oxygen atoms in total. The maximum atomic E-state index is 12.6. The number of aromatic nitrogens is 3. The lowest BCUT2D eigenvalue weighted by molar-refractivity contribution is 0.311. The van der Waals surface area contributed by atoms with Gasteiger partial charge in [0, 0.05) is 13.6 Å². The quantitative estimate of drug-likeness (QED) is 0.326. The van der Waals surface area contributed by atoms with Crippen molar-refractivity contribution in [2.24, 2.45) is 17.9 Å². The van der Waals surface area contributed by atoms with Gasteiger partial charge in [0.2, 0.25) is 5.03 Å². The predicted octanol–water partition coefficient (Wildman–Crippen LogP) is -0.523. The van der Waals surface area contributed by atoms with E-state index < -0.39 is 16.1 Å². The van der Waals surface area contributed by atoms with Gasteiger partial charge in [-0.15, -0.1) is 5.10 Å². The van der Waals surface area contributed by atoms with Gasteiger partial charge >= 0.3 is 0 Å². The normalized spacial score (nSPS) is 22.0. The molecule has 1 fully saturated rings. The Hall–Kier alpha value is -1.20. The monoisotopic (exact) mass is 352 g/mol. The molecule has 1 unspecified atom stereocenters. The Kier molecular flexibility index (Phi) is 3.78. The summed E-state index contributed by atoms with van der Waals surface area (Å²) >= 11 is 3.06. The molecule has 3 N–H and O–H groups in total. The summed E-state index contributed by atoms with van der Waals surface area (Å²) in [6, 6.07) is -0.642. The molecule has 0 saturated carbocycles. The van der Waals surface area contributed by atoms with Crippen molar-refractivity contribution in [3.63, 3.8) is 0 Å². The summed E-state index contributed by atoms with van der Waals surface area (Å²) in [6.07, 6.45) is 1.15. The zero-order valence-electron chi connectivity index (χ0n) is 10.1. The fourth-order valence-corrected chi connectivity index (χ4v) is 4.80. The maximum Gasteiger partial charge on any atom is 0.263 e. The highest BCUT2D eigenvalue weighted by Crippen LogP contribution is 2.28. The SMILES string of the molecule is Cn1nnc(Br)c1S(=O)(=O)N1CCCC1C(N)=NO. The first kappa shape index (κ1) is 14.2. The second-order valence-electron chi connectivity index (χ2n) is 4.11. The lowest BCUT2D eigenvalue weighted by Gasteiger charge is -2.22. The fraction of sp³-hybridized carbons (Fsp3) is 0.625. The van der Waals surface area contributed by atoms with Crippen molar-refractivity contribution in [2.75, 3.05) is 6.54 Å². The molecule has 1 atom stereocenters. The summed E-state index contributed by atoms with van der Waals surface area (Å²) in [5.74, 6) is -0.118. The van der Waals surface area contributed by atoms with Crippen LogP contribution in [-0.2, 0) is 17.1 Å². The number of amidine groups is 1. The number of oxime groups is 1. The molecule has 1 saturated heterocycles. The van der Waals surface area contributed by atoms with E-state index in [4.69, 9.17) is 10.9 Å². The number of nitrogens with two attached hydrogens (primary N) is 1. The van der Waals surface area contributed by atoms with Gasteiger partial charge in [0.05, 0.1) is 6.04 Å². The summed E-state index contributed by atoms with van der Waals surface area (Å²) in [7, 11) is -2.32. The minimum atomic E-state index is -3.81. The van der Waals surface area contributed by atoms with Gasteiger partial charge in [0.15, 0.2) is 10.4 Å². The third kappa shape index (κ3) is 2.32. The molecule has 19 heavy (non-hydrogen) atoms. The van der Waals surface area contributed by atoms with Crippen LogP contribution in [0, 0.1) is 0 Å². The summed E-state index contributed by atoms with van der Waals surface area (Å²) in [5.41, 5.74) is 5.54. The molecular weight excluding hydrogens is 340 g/mol. The average Bonchev–Trinajstić information content (AvgIpc) is 2.95. The van der Waals surface area contributed by atoms with Crippen LogP contribution in [0.2, 0.25) is 0 Å². The average molecular weight is 353 g/mol. The summed E-state index contributed by atoms with van der Waals surface area (Å²) in [4.78, 5) is 0. The second-order valence-corrected chi connectivity index (χ2v) is 6.66. The zero-order valence-corrected chi connectivity index (χ0v) is 12.5. The molecule has 0 spiro atoms. The molecule has 1 aliphatic rings. The van der Waals surface area contributed by atoms with Crippen LogP contribution < -0.4 is 5.73 Å². The van der Waals surface area contributed by atoms with Crippen molar-refractivity contribution in [1.29, 1.82) is 0 Å². The lowest BCUT2D eigenvalue weighted by Crippen LogP contribution is -2.44. The first-order valence-corrected chi connectivity index (χ1v) is 7.67. The summed E-state index contributed by atoms with van der Waals surface area (Å²) in [6.45, 7) is 0.306. The Morgan fingerprint density at radius 2 is 2.32 bits per heavy atom. The summed E-state index contributed by atoms with van der Waals surface area (Å²) < 4.78 is 27.6. The highest BCUT2D eigenvalue weighted by atomic mass is 79.9. The smallest absolute Gasteiger partial charge is 0.263 e. The molecule has 0 bridgehead atoms. The van der Waals surface area contributed by atoms with Crippen molar-refractivity contribution in [2.45, 2.75) is 23.9 Å². The van der Waals surface area contributed by atoms with Gasteiger partial charge in [0.25, 0.3) is 10.0 Å². The van der Waals surface area contributed by atoms with Crippen LogP contribution in [0.1, 0.15) is 12.8 Å². The minimum Gasteiger partial charge on any atom is -0.409 e. The van der Waals surface area contributed by atoms with E-state index in [1.807, 2.05) is 0 Å². The van der Waals surface area contributed by atoms with E-state index >= 15 is 0 Å². The number of nitrogens with zero attached hydrogens (tertiary/aromatic N) is 5. The van der Waals surface area contributed by atoms with E-state index in [0.717, 1.165) is 0 Å². The summed E-state index contributed by atoms with van der Waals surface area (Å²) in [5, 5.41) is 18.9. The van der Waals surface area contributed by atoms with E-state index in [2.05, 4.69) is 31.4 Å². The zero-order chi connectivity index (χ0) is 14.2. The van der Waals surface area contributed by atoms with Crippen molar-refractivity contribution >= 4 is 31.8 Å². The van der Waals surface area contributed by atoms with Gasteiger partial charge in [0.1, 0.15) is 0 Å². The molecule has 1 aliphatic heterocycles. The van der Waals surface area contributed by atoms with Crippen LogP contribution in [0.25, 0.3) is 0 Å². The van der Waals surface area contributed by atoms with Gasteiger partial charge in [-0.2, -0.15) is 4.31 Å². The van der Waals surface area contributed by atoms with Crippen molar-refractivity contribution < 1.29 is 13.6 Å². The molecule has 2 rings (SSSR count). The van der Waals surface area contributed by atoms with Gasteiger partial charge in [-0.05, 0) is 28.8 Å². The van der Waals surface area contributed by atoms with E-state index in [9.17, 15) is 8.42 Å². The Bertz CT molecular complexity index is 593. The van der Waals surface area contributed by atoms with Crippen LogP contribution in [0.4, 0.5) is 0 Å². The molecular formula is C8H13BrN6O3S. The van der Waals surface area contributed by atoms with Gasteiger partial charge in [-0.25, -0.2) is 13.1 Å². The molecule has 106 valence electrons. The van der Waals surface area contributed by atoms with E-state index in [1.165, 1.54) is 16.0 Å². The number of hydrogen-bond acceptors (Lipinski definition) is 6. The molecule has 0 radical (unpaired) electrons. The topological polar surface area (TPSA) is 127 Å². The van der Waals surface area contributed by atoms with E-state index in [0.29, 0.717) is 19.4 Å².